The van der Waals surface area contributed by atoms with Crippen LogP contribution in [0.15, 0.2) is 18.2 Å². The summed E-state index contributed by atoms with van der Waals surface area (Å²) in [5, 5.41) is 0. The van der Waals surface area contributed by atoms with E-state index in [9.17, 15) is 17.6 Å². The third-order valence-corrected chi connectivity index (χ3v) is 5.88. The zero-order valence-corrected chi connectivity index (χ0v) is 21.8. The number of nitrogens with zero attached hydrogens (tertiary/aromatic N) is 2. The SMILES string of the molecule is CC.CCC1CCC(N2CCN(c3cc(F)ccc3OCC(F)(F)F)CC2)CC1.CN.COC. The Bertz CT molecular complexity index is 631. The number of alkyl halides is 3. The maximum atomic E-state index is 13.7. The Morgan fingerprint density at radius 3 is 1.97 bits per heavy atom. The molecule has 1 saturated carbocycles. The fourth-order valence-corrected chi connectivity index (χ4v) is 4.27. The molecular formula is C25H45F4N3O2. The molecule has 1 aliphatic heterocycles. The molecule has 0 bridgehead atoms. The van der Waals surface area contributed by atoms with E-state index in [0.29, 0.717) is 24.8 Å². The van der Waals surface area contributed by atoms with Crippen molar-refractivity contribution in [1.82, 2.24) is 4.90 Å². The molecule has 0 amide bonds. The van der Waals surface area contributed by atoms with Crippen LogP contribution in [-0.4, -0.2) is 71.2 Å². The Kier molecular flexibility index (Phi) is 17.0. The van der Waals surface area contributed by atoms with Crippen molar-refractivity contribution in [3.05, 3.63) is 24.0 Å². The van der Waals surface area contributed by atoms with Gasteiger partial charge < -0.3 is 20.1 Å². The van der Waals surface area contributed by atoms with Crippen LogP contribution >= 0.6 is 0 Å². The Balaban J connectivity index is 0.00000141. The molecule has 2 N–H and O–H groups in total. The summed E-state index contributed by atoms with van der Waals surface area (Å²) in [4.78, 5) is 4.42. The third-order valence-electron chi connectivity index (χ3n) is 5.88. The second-order valence-electron chi connectivity index (χ2n) is 8.03. The van der Waals surface area contributed by atoms with Gasteiger partial charge in [-0.15, -0.1) is 0 Å². The van der Waals surface area contributed by atoms with Crippen LogP contribution in [0, 0.1) is 11.7 Å². The van der Waals surface area contributed by atoms with Crippen LogP contribution in [0.25, 0.3) is 0 Å². The number of piperazine rings is 1. The number of benzene rings is 1. The topological polar surface area (TPSA) is 51.0 Å². The van der Waals surface area contributed by atoms with Gasteiger partial charge in [-0.25, -0.2) is 4.39 Å². The lowest BCUT2D eigenvalue weighted by Crippen LogP contribution is -2.51. The van der Waals surface area contributed by atoms with Crippen molar-refractivity contribution in [3.8, 4) is 5.75 Å². The lowest BCUT2D eigenvalue weighted by Gasteiger charge is -2.42. The van der Waals surface area contributed by atoms with E-state index in [2.05, 4.69) is 22.3 Å². The largest absolute Gasteiger partial charge is 0.482 e. The molecule has 1 saturated heterocycles. The van der Waals surface area contributed by atoms with Crippen molar-refractivity contribution >= 4 is 5.69 Å². The third kappa shape index (κ3) is 11.7. The average Bonchev–Trinajstić information content (AvgIpc) is 2.86. The normalized spacial score (nSPS) is 20.6. The Hall–Kier alpha value is -1.58. The predicted octanol–water partition coefficient (Wildman–Crippen LogP) is 5.72. The molecule has 9 heteroatoms. The average molecular weight is 496 g/mol. The summed E-state index contributed by atoms with van der Waals surface area (Å²) in [5.74, 6) is 0.471. The highest BCUT2D eigenvalue weighted by Crippen LogP contribution is 2.33. The van der Waals surface area contributed by atoms with E-state index in [1.807, 2.05) is 18.7 Å². The standard InChI is InChI=1S/C20H28F4N2O.C2H6O.C2H6.CH5N/c1-2-15-3-6-17(7-4-15)25-9-11-26(12-10-25)18-13-16(21)5-8-19(18)27-14-20(22,23)24;1-3-2;2*1-2/h5,8,13,15,17H,2-4,6-7,9-12,14H2,1H3;1-2H3;1-2H3;2H2,1H3. The second-order valence-corrected chi connectivity index (χ2v) is 8.03. The number of nitrogens with two attached hydrogens (primary N) is 1. The van der Waals surface area contributed by atoms with Crippen molar-refractivity contribution in [1.29, 1.82) is 0 Å². The molecule has 2 fully saturated rings. The van der Waals surface area contributed by atoms with Crippen LogP contribution in [0.5, 0.6) is 5.75 Å². The molecule has 0 unspecified atom stereocenters. The predicted molar refractivity (Wildman–Crippen MR) is 132 cm³/mol. The maximum Gasteiger partial charge on any atom is 0.422 e. The van der Waals surface area contributed by atoms with E-state index >= 15 is 0 Å². The van der Waals surface area contributed by atoms with Crippen LogP contribution < -0.4 is 15.4 Å². The van der Waals surface area contributed by atoms with Gasteiger partial charge in [0.15, 0.2) is 6.61 Å². The van der Waals surface area contributed by atoms with Crippen molar-refractivity contribution in [2.75, 3.05) is 59.0 Å². The Morgan fingerprint density at radius 1 is 0.971 bits per heavy atom. The van der Waals surface area contributed by atoms with Gasteiger partial charge in [0, 0.05) is 52.5 Å². The van der Waals surface area contributed by atoms with E-state index in [1.165, 1.54) is 51.3 Å². The van der Waals surface area contributed by atoms with Gasteiger partial charge >= 0.3 is 6.18 Å². The lowest BCUT2D eigenvalue weighted by molar-refractivity contribution is -0.153. The molecule has 1 aliphatic carbocycles. The fourth-order valence-electron chi connectivity index (χ4n) is 4.27. The molecule has 34 heavy (non-hydrogen) atoms. The highest BCUT2D eigenvalue weighted by Gasteiger charge is 2.31. The number of hydrogen-bond donors (Lipinski definition) is 1. The maximum absolute atomic E-state index is 13.7. The van der Waals surface area contributed by atoms with E-state index in [0.717, 1.165) is 25.1 Å². The highest BCUT2D eigenvalue weighted by atomic mass is 19.4. The van der Waals surface area contributed by atoms with Gasteiger partial charge in [-0.2, -0.15) is 13.2 Å². The van der Waals surface area contributed by atoms with Gasteiger partial charge in [-0.05, 0) is 50.8 Å². The molecule has 3 rings (SSSR count). The van der Waals surface area contributed by atoms with Crippen molar-refractivity contribution < 1.29 is 27.0 Å². The highest BCUT2D eigenvalue weighted by molar-refractivity contribution is 5.59. The van der Waals surface area contributed by atoms with Crippen LogP contribution in [0.2, 0.25) is 0 Å². The molecule has 0 aromatic heterocycles. The first-order chi connectivity index (χ1) is 16.3. The minimum Gasteiger partial charge on any atom is -0.482 e. The minimum atomic E-state index is -4.41. The molecular weight excluding hydrogens is 450 g/mol. The van der Waals surface area contributed by atoms with Crippen LogP contribution in [0.3, 0.4) is 0 Å². The Labute approximate surface area is 203 Å². The van der Waals surface area contributed by atoms with Crippen molar-refractivity contribution in [3.63, 3.8) is 0 Å². The monoisotopic (exact) mass is 495 g/mol. The molecule has 1 aromatic rings. The minimum absolute atomic E-state index is 0.0885. The molecule has 5 nitrogen and oxygen atoms in total. The summed E-state index contributed by atoms with van der Waals surface area (Å²) in [5.41, 5.74) is 4.91. The summed E-state index contributed by atoms with van der Waals surface area (Å²) in [6.07, 6.45) is 1.83. The van der Waals surface area contributed by atoms with Crippen LogP contribution in [0.1, 0.15) is 52.9 Å². The summed E-state index contributed by atoms with van der Waals surface area (Å²) >= 11 is 0. The van der Waals surface area contributed by atoms with E-state index < -0.39 is 18.6 Å². The lowest BCUT2D eigenvalue weighted by atomic mass is 9.84. The fraction of sp³-hybridized carbons (Fsp3) is 0.760. The van der Waals surface area contributed by atoms with Gasteiger partial charge in [0.2, 0.25) is 0 Å². The number of halogens is 4. The summed E-state index contributed by atoms with van der Waals surface area (Å²) < 4.78 is 60.3. The van der Waals surface area contributed by atoms with Crippen LogP contribution in [0.4, 0.5) is 23.2 Å². The van der Waals surface area contributed by atoms with Gasteiger partial charge in [0.05, 0.1) is 5.69 Å². The first-order valence-corrected chi connectivity index (χ1v) is 12.2. The summed E-state index contributed by atoms with van der Waals surface area (Å²) in [6.45, 7) is 7.90. The zero-order valence-electron chi connectivity index (χ0n) is 21.8. The summed E-state index contributed by atoms with van der Waals surface area (Å²) in [7, 11) is 4.75. The van der Waals surface area contributed by atoms with Crippen molar-refractivity contribution in [2.45, 2.75) is 65.1 Å². The smallest absolute Gasteiger partial charge is 0.422 e. The molecule has 0 spiro atoms. The van der Waals surface area contributed by atoms with E-state index in [1.54, 1.807) is 14.2 Å². The van der Waals surface area contributed by atoms with E-state index in [-0.39, 0.29) is 5.75 Å². The molecule has 2 aliphatic rings. The zero-order chi connectivity index (χ0) is 26.1. The van der Waals surface area contributed by atoms with Gasteiger partial charge in [0.1, 0.15) is 11.6 Å². The van der Waals surface area contributed by atoms with Crippen LogP contribution in [-0.2, 0) is 4.74 Å². The number of hydrogen-bond acceptors (Lipinski definition) is 5. The number of methoxy groups -OCH3 is 1. The number of anilines is 1. The van der Waals surface area contributed by atoms with Gasteiger partial charge in [0.25, 0.3) is 0 Å². The molecule has 200 valence electrons. The Morgan fingerprint density at radius 2 is 1.50 bits per heavy atom. The van der Waals surface area contributed by atoms with Gasteiger partial charge in [-0.1, -0.05) is 27.2 Å². The first kappa shape index (κ1) is 32.4. The first-order valence-electron chi connectivity index (χ1n) is 12.2. The van der Waals surface area contributed by atoms with Gasteiger partial charge in [-0.3, -0.25) is 4.90 Å². The van der Waals surface area contributed by atoms with Crippen molar-refractivity contribution in [2.24, 2.45) is 11.7 Å². The molecule has 0 radical (unpaired) electrons. The molecule has 1 aromatic carbocycles. The molecule has 1 heterocycles. The summed E-state index contributed by atoms with van der Waals surface area (Å²) in [6, 6.07) is 4.30. The number of ether oxygens (including phenoxy) is 2. The molecule has 0 atom stereocenters. The quantitative estimate of drug-likeness (QED) is 0.530. The number of rotatable bonds is 5. The second kappa shape index (κ2) is 17.8. The van der Waals surface area contributed by atoms with E-state index in [4.69, 9.17) is 4.74 Å².